The Hall–Kier alpha value is -0.560. The molecule has 0 aliphatic rings. The van der Waals surface area contributed by atoms with Crippen molar-refractivity contribution < 1.29 is 9.21 Å². The third-order valence-electron chi connectivity index (χ3n) is 1.59. The number of carbonyl (C=O) groups excluding carboxylic acids is 1. The van der Waals surface area contributed by atoms with Crippen molar-refractivity contribution in [2.45, 2.75) is 13.5 Å². The van der Waals surface area contributed by atoms with Gasteiger partial charge in [-0.3, -0.25) is 4.79 Å². The number of furan rings is 1. The van der Waals surface area contributed by atoms with Crippen molar-refractivity contribution in [1.29, 1.82) is 0 Å². The number of nitrogens with one attached hydrogen (secondary N) is 2. The number of hydrogen-bond acceptors (Lipinski definition) is 3. The summed E-state index contributed by atoms with van der Waals surface area (Å²) < 4.78 is 6.18. The molecule has 0 aliphatic heterocycles. The summed E-state index contributed by atoms with van der Waals surface area (Å²) in [6.45, 7) is 3.47. The molecule has 0 aromatic carbocycles. The highest BCUT2D eigenvalue weighted by Crippen LogP contribution is 2.09. The van der Waals surface area contributed by atoms with Crippen molar-refractivity contribution in [3.63, 3.8) is 0 Å². The average molecular weight is 308 g/mol. The summed E-state index contributed by atoms with van der Waals surface area (Å²) in [5.41, 5.74) is 0. The molecule has 1 amide bonds. The van der Waals surface area contributed by atoms with Crippen molar-refractivity contribution in [1.82, 2.24) is 10.6 Å². The first-order valence-electron chi connectivity index (χ1n) is 4.44. The number of hydrogen-bond donors (Lipinski definition) is 2. The molecule has 14 heavy (non-hydrogen) atoms. The van der Waals surface area contributed by atoms with E-state index in [-0.39, 0.29) is 5.91 Å². The van der Waals surface area contributed by atoms with Crippen LogP contribution in [0.15, 0.2) is 16.5 Å². The maximum absolute atomic E-state index is 11.0. The van der Waals surface area contributed by atoms with E-state index in [2.05, 4.69) is 33.2 Å². The van der Waals surface area contributed by atoms with E-state index in [1.54, 1.807) is 0 Å². The van der Waals surface area contributed by atoms with Crippen LogP contribution in [-0.4, -0.2) is 19.0 Å². The van der Waals surface area contributed by atoms with Crippen LogP contribution in [-0.2, 0) is 11.3 Å². The number of likely N-dealkylation sites (N-methyl/N-ethyl adjacent to an activating group) is 1. The molecule has 0 aliphatic carbocycles. The zero-order valence-electron chi connectivity index (χ0n) is 7.97. The van der Waals surface area contributed by atoms with Gasteiger partial charge in [-0.05, 0) is 41.6 Å². The third-order valence-corrected chi connectivity index (χ3v) is 2.17. The first kappa shape index (κ1) is 11.5. The number of rotatable bonds is 5. The molecule has 0 fully saturated rings. The smallest absolute Gasteiger partial charge is 0.233 e. The lowest BCUT2D eigenvalue weighted by atomic mass is 10.4. The second-order valence-corrected chi connectivity index (χ2v) is 3.83. The van der Waals surface area contributed by atoms with Crippen LogP contribution in [0.25, 0.3) is 0 Å². The van der Waals surface area contributed by atoms with Crippen molar-refractivity contribution in [2.24, 2.45) is 0 Å². The van der Waals surface area contributed by atoms with Gasteiger partial charge < -0.3 is 15.1 Å². The first-order chi connectivity index (χ1) is 6.72. The fourth-order valence-electron chi connectivity index (χ4n) is 1.01. The van der Waals surface area contributed by atoms with Crippen LogP contribution in [0, 0.1) is 3.77 Å². The van der Waals surface area contributed by atoms with Gasteiger partial charge in [-0.15, -0.1) is 0 Å². The fourth-order valence-corrected chi connectivity index (χ4v) is 1.47. The van der Waals surface area contributed by atoms with Crippen LogP contribution >= 0.6 is 22.6 Å². The highest BCUT2D eigenvalue weighted by atomic mass is 127. The maximum Gasteiger partial charge on any atom is 0.233 e. The normalized spacial score (nSPS) is 10.1. The van der Waals surface area contributed by atoms with E-state index >= 15 is 0 Å². The molecular weight excluding hydrogens is 295 g/mol. The summed E-state index contributed by atoms with van der Waals surface area (Å²) in [6, 6.07) is 3.79. The van der Waals surface area contributed by atoms with E-state index in [0.717, 1.165) is 9.53 Å². The zero-order valence-corrected chi connectivity index (χ0v) is 10.1. The van der Waals surface area contributed by atoms with E-state index < -0.39 is 0 Å². The highest BCUT2D eigenvalue weighted by Gasteiger charge is 2.01. The maximum atomic E-state index is 11.0. The predicted octanol–water partition coefficient (Wildman–Crippen LogP) is 1.11. The minimum Gasteiger partial charge on any atom is -0.454 e. The quantitative estimate of drug-likeness (QED) is 0.801. The van der Waals surface area contributed by atoms with Gasteiger partial charge in [0, 0.05) is 6.54 Å². The SMILES string of the molecule is CCNC(=O)CNCc1ccc(I)o1. The molecule has 0 radical (unpaired) electrons. The van der Waals surface area contributed by atoms with Gasteiger partial charge in [0.15, 0.2) is 3.77 Å². The molecule has 78 valence electrons. The molecule has 0 spiro atoms. The minimum atomic E-state index is 0.00810. The molecule has 5 heteroatoms. The van der Waals surface area contributed by atoms with Gasteiger partial charge in [-0.1, -0.05) is 0 Å². The highest BCUT2D eigenvalue weighted by molar-refractivity contribution is 14.1. The molecule has 1 aromatic heterocycles. The molecule has 0 saturated heterocycles. The van der Waals surface area contributed by atoms with Gasteiger partial charge >= 0.3 is 0 Å². The van der Waals surface area contributed by atoms with Gasteiger partial charge in [-0.25, -0.2) is 0 Å². The molecule has 0 saturated carbocycles. The molecule has 0 unspecified atom stereocenters. The molecular formula is C9H13IN2O2. The van der Waals surface area contributed by atoms with Crippen LogP contribution in [0.3, 0.4) is 0 Å². The fraction of sp³-hybridized carbons (Fsp3) is 0.444. The van der Waals surface area contributed by atoms with Gasteiger partial charge in [0.2, 0.25) is 5.91 Å². The summed E-state index contributed by atoms with van der Waals surface area (Å²) in [7, 11) is 0. The number of halogens is 1. The van der Waals surface area contributed by atoms with Gasteiger partial charge in [0.25, 0.3) is 0 Å². The Morgan fingerprint density at radius 1 is 1.57 bits per heavy atom. The van der Waals surface area contributed by atoms with Crippen LogP contribution < -0.4 is 10.6 Å². The molecule has 0 bridgehead atoms. The molecule has 0 atom stereocenters. The minimum absolute atomic E-state index is 0.00810. The van der Waals surface area contributed by atoms with Crippen LogP contribution in [0.1, 0.15) is 12.7 Å². The van der Waals surface area contributed by atoms with Crippen molar-refractivity contribution in [3.05, 3.63) is 21.7 Å². The summed E-state index contributed by atoms with van der Waals surface area (Å²) >= 11 is 2.11. The largest absolute Gasteiger partial charge is 0.454 e. The summed E-state index contributed by atoms with van der Waals surface area (Å²) in [5.74, 6) is 0.854. The Morgan fingerprint density at radius 3 is 2.93 bits per heavy atom. The van der Waals surface area contributed by atoms with Crippen molar-refractivity contribution in [3.8, 4) is 0 Å². The van der Waals surface area contributed by atoms with Crippen LogP contribution in [0.5, 0.6) is 0 Å². The first-order valence-corrected chi connectivity index (χ1v) is 5.52. The Kier molecular flexibility index (Phi) is 4.95. The van der Waals surface area contributed by atoms with E-state index in [9.17, 15) is 4.79 Å². The lowest BCUT2D eigenvalue weighted by molar-refractivity contribution is -0.120. The summed E-state index contributed by atoms with van der Waals surface area (Å²) in [6.07, 6.45) is 0. The predicted molar refractivity (Wildman–Crippen MR) is 61.8 cm³/mol. The topological polar surface area (TPSA) is 54.3 Å². The van der Waals surface area contributed by atoms with E-state index in [1.165, 1.54) is 0 Å². The lowest BCUT2D eigenvalue weighted by Crippen LogP contribution is -2.33. The Labute approximate surface area is 96.6 Å². The Morgan fingerprint density at radius 2 is 2.36 bits per heavy atom. The summed E-state index contributed by atoms with van der Waals surface area (Å²) in [4.78, 5) is 11.0. The molecule has 2 N–H and O–H groups in total. The van der Waals surface area contributed by atoms with E-state index in [4.69, 9.17) is 4.42 Å². The average Bonchev–Trinajstić information content (AvgIpc) is 2.52. The number of amides is 1. The molecule has 1 heterocycles. The monoisotopic (exact) mass is 308 g/mol. The van der Waals surface area contributed by atoms with E-state index in [0.29, 0.717) is 19.6 Å². The third kappa shape index (κ3) is 4.10. The molecule has 1 aromatic rings. The number of carbonyl (C=O) groups is 1. The lowest BCUT2D eigenvalue weighted by Gasteiger charge is -2.02. The van der Waals surface area contributed by atoms with Crippen molar-refractivity contribution in [2.75, 3.05) is 13.1 Å². The second kappa shape index (κ2) is 6.02. The Balaban J connectivity index is 2.18. The summed E-state index contributed by atoms with van der Waals surface area (Å²) in [5, 5.41) is 5.69. The molecule has 4 nitrogen and oxygen atoms in total. The second-order valence-electron chi connectivity index (χ2n) is 2.76. The Bertz CT molecular complexity index is 299. The molecule has 1 rings (SSSR count). The standard InChI is InChI=1S/C9H13IN2O2/c1-2-12-9(13)6-11-5-7-3-4-8(10)14-7/h3-4,11H,2,5-6H2,1H3,(H,12,13). The van der Waals surface area contributed by atoms with Crippen LogP contribution in [0.2, 0.25) is 0 Å². The van der Waals surface area contributed by atoms with Gasteiger partial charge in [-0.2, -0.15) is 0 Å². The van der Waals surface area contributed by atoms with Gasteiger partial charge in [0.05, 0.1) is 13.1 Å². The van der Waals surface area contributed by atoms with Crippen molar-refractivity contribution >= 4 is 28.5 Å². The van der Waals surface area contributed by atoms with Crippen LogP contribution in [0.4, 0.5) is 0 Å². The van der Waals surface area contributed by atoms with Gasteiger partial charge in [0.1, 0.15) is 5.76 Å². The van der Waals surface area contributed by atoms with E-state index in [1.807, 2.05) is 19.1 Å². The zero-order chi connectivity index (χ0) is 10.4.